The number of nitrogens with zero attached hydrogens (tertiary/aromatic N) is 7. The Bertz CT molecular complexity index is 2270. The Morgan fingerprint density at radius 1 is 0.953 bits per heavy atom. The lowest BCUT2D eigenvalue weighted by Crippen LogP contribution is -2.53. The molecule has 1 aromatic heterocycles. The molecule has 3 aromatic rings. The molecule has 4 saturated heterocycles. The number of likely N-dealkylation sites (N-methyl/N-ethyl adjacent to an activating group) is 1. The third-order valence-corrected chi connectivity index (χ3v) is 14.6. The molecular formula is C47H55ClFN9O6. The number of amides is 4. The van der Waals surface area contributed by atoms with Gasteiger partial charge in [-0.2, -0.15) is 5.26 Å². The molecule has 338 valence electrons. The first-order valence-corrected chi connectivity index (χ1v) is 22.9. The molecule has 2 aromatic carbocycles. The number of piperidine rings is 4. The van der Waals surface area contributed by atoms with Crippen LogP contribution in [-0.2, 0) is 9.59 Å². The number of carbonyl (C=O) groups is 5. The van der Waals surface area contributed by atoms with Crippen LogP contribution in [0.15, 0.2) is 42.5 Å². The fourth-order valence-corrected chi connectivity index (χ4v) is 10.4. The number of nitriles is 1. The molecule has 0 bridgehead atoms. The van der Waals surface area contributed by atoms with E-state index in [1.165, 1.54) is 18.0 Å². The molecule has 2 N–H and O–H groups in total. The van der Waals surface area contributed by atoms with Gasteiger partial charge < -0.3 is 29.7 Å². The Morgan fingerprint density at radius 3 is 2.31 bits per heavy atom. The summed E-state index contributed by atoms with van der Waals surface area (Å²) in [5, 5.41) is 23.6. The van der Waals surface area contributed by atoms with E-state index < -0.39 is 29.6 Å². The highest BCUT2D eigenvalue weighted by atomic mass is 35.5. The molecule has 5 heterocycles. The van der Waals surface area contributed by atoms with Crippen LogP contribution in [0.2, 0.25) is 5.02 Å². The van der Waals surface area contributed by atoms with Gasteiger partial charge >= 0.3 is 0 Å². The Balaban J connectivity index is 0.752. The maximum atomic E-state index is 15.4. The molecule has 8 rings (SSSR count). The number of aromatic nitrogens is 2. The standard InChI is InChI=1S/C47H55ClFN9O6/c1-55(40-9-11-43(60)52-45(40)62)46(63)36-26-41(38(49)24-32(36)29-59)57-18-12-30(13-19-57)28-56-20-14-47(15-21-56)16-22-58(23-17-47)42-10-8-39(53-54-42)44(61)51-33-3-6-34(7-4-33)64-35-5-2-31(27-50)37(48)25-35/h2,5,8,10,24-26,29-30,33-34,40H,3-4,6-7,9,11-23,28H2,1H3,(H,51,61)(H,52,60,62)/t33-,34-,40?. The quantitative estimate of drug-likeness (QED) is 0.181. The second-order valence-corrected chi connectivity index (χ2v) is 18.6. The summed E-state index contributed by atoms with van der Waals surface area (Å²) in [6, 6.07) is 12.5. The molecule has 1 unspecified atom stereocenters. The van der Waals surface area contributed by atoms with Crippen LogP contribution in [0, 0.1) is 28.5 Å². The van der Waals surface area contributed by atoms with Crippen molar-refractivity contribution in [1.29, 1.82) is 5.26 Å². The first kappa shape index (κ1) is 44.9. The monoisotopic (exact) mass is 895 g/mol. The minimum atomic E-state index is -0.859. The number of anilines is 2. The van der Waals surface area contributed by atoms with Gasteiger partial charge in [-0.1, -0.05) is 11.6 Å². The number of ether oxygens (including phenoxy) is 1. The summed E-state index contributed by atoms with van der Waals surface area (Å²) in [4.78, 5) is 70.6. The molecular weight excluding hydrogens is 841 g/mol. The van der Waals surface area contributed by atoms with Gasteiger partial charge in [0, 0.05) is 63.9 Å². The first-order valence-electron chi connectivity index (χ1n) is 22.5. The lowest BCUT2D eigenvalue weighted by Gasteiger charge is -2.48. The van der Waals surface area contributed by atoms with Gasteiger partial charge in [0.05, 0.1) is 27.9 Å². The molecule has 0 radical (unpaired) electrons. The molecule has 5 aliphatic rings. The number of aldehydes is 1. The molecule has 1 aliphatic carbocycles. The smallest absolute Gasteiger partial charge is 0.272 e. The van der Waals surface area contributed by atoms with Gasteiger partial charge in [-0.25, -0.2) is 4.39 Å². The van der Waals surface area contributed by atoms with Gasteiger partial charge in [-0.05, 0) is 131 Å². The Morgan fingerprint density at radius 2 is 1.67 bits per heavy atom. The number of likely N-dealkylation sites (tertiary alicyclic amines) is 1. The SMILES string of the molecule is CN(C(=O)c1cc(N2CCC(CN3CCC4(CC3)CCN(c3ccc(C(=O)N[C@H]5CC[C@H](Oc6ccc(C#N)c(Cl)c6)CC5)nn3)CC4)CC2)c(F)cc1C=O)C1CCC(=O)NC1=O. The Labute approximate surface area is 377 Å². The van der Waals surface area contributed by atoms with Crippen LogP contribution in [0.1, 0.15) is 114 Å². The van der Waals surface area contributed by atoms with Gasteiger partial charge in [0.25, 0.3) is 11.8 Å². The predicted molar refractivity (Wildman–Crippen MR) is 237 cm³/mol. The average Bonchev–Trinajstić information content (AvgIpc) is 3.30. The van der Waals surface area contributed by atoms with Crippen LogP contribution in [0.5, 0.6) is 5.75 Å². The van der Waals surface area contributed by atoms with E-state index in [-0.39, 0.29) is 47.7 Å². The highest BCUT2D eigenvalue weighted by Crippen LogP contribution is 2.42. The van der Waals surface area contributed by atoms with E-state index in [0.29, 0.717) is 52.7 Å². The number of benzene rings is 2. The maximum absolute atomic E-state index is 15.4. The van der Waals surface area contributed by atoms with E-state index >= 15 is 4.39 Å². The zero-order chi connectivity index (χ0) is 45.0. The molecule has 17 heteroatoms. The van der Waals surface area contributed by atoms with E-state index in [2.05, 4.69) is 36.7 Å². The normalized spacial score (nSPS) is 22.9. The minimum absolute atomic E-state index is 0.0153. The zero-order valence-electron chi connectivity index (χ0n) is 36.2. The van der Waals surface area contributed by atoms with E-state index in [9.17, 15) is 24.0 Å². The van der Waals surface area contributed by atoms with Crippen molar-refractivity contribution in [2.24, 2.45) is 11.3 Å². The summed E-state index contributed by atoms with van der Waals surface area (Å²) in [5.41, 5.74) is 1.25. The molecule has 1 spiro atoms. The number of nitrogens with one attached hydrogen (secondary N) is 2. The molecule has 1 atom stereocenters. The molecule has 4 aliphatic heterocycles. The molecule has 64 heavy (non-hydrogen) atoms. The fraction of sp³-hybridized carbons (Fsp3) is 0.532. The van der Waals surface area contributed by atoms with Crippen LogP contribution in [-0.4, -0.2) is 121 Å². The summed E-state index contributed by atoms with van der Waals surface area (Å²) >= 11 is 6.16. The van der Waals surface area contributed by atoms with E-state index in [1.807, 2.05) is 11.0 Å². The van der Waals surface area contributed by atoms with Crippen molar-refractivity contribution < 1.29 is 33.1 Å². The second-order valence-electron chi connectivity index (χ2n) is 18.2. The summed E-state index contributed by atoms with van der Waals surface area (Å²) in [6.45, 7) is 6.10. The van der Waals surface area contributed by atoms with Crippen molar-refractivity contribution in [3.8, 4) is 11.8 Å². The highest BCUT2D eigenvalue weighted by Gasteiger charge is 2.39. The van der Waals surface area contributed by atoms with Crippen molar-refractivity contribution >= 4 is 53.0 Å². The van der Waals surface area contributed by atoms with Crippen molar-refractivity contribution in [2.75, 3.05) is 62.7 Å². The zero-order valence-corrected chi connectivity index (χ0v) is 37.0. The minimum Gasteiger partial charge on any atom is -0.490 e. The number of halogens is 2. The van der Waals surface area contributed by atoms with Gasteiger partial charge in [0.1, 0.15) is 23.7 Å². The second kappa shape index (κ2) is 19.6. The van der Waals surface area contributed by atoms with Gasteiger partial charge in [0.2, 0.25) is 11.8 Å². The molecule has 15 nitrogen and oxygen atoms in total. The molecule has 5 fully saturated rings. The van der Waals surface area contributed by atoms with Crippen LogP contribution in [0.25, 0.3) is 0 Å². The molecule has 1 saturated carbocycles. The van der Waals surface area contributed by atoms with Crippen LogP contribution in [0.4, 0.5) is 15.9 Å². The predicted octanol–water partition coefficient (Wildman–Crippen LogP) is 5.55. The number of carbonyl (C=O) groups excluding carboxylic acids is 5. The van der Waals surface area contributed by atoms with E-state index in [1.54, 1.807) is 24.3 Å². The Hall–Kier alpha value is -5.66. The summed E-state index contributed by atoms with van der Waals surface area (Å²) < 4.78 is 21.5. The van der Waals surface area contributed by atoms with Gasteiger partial charge in [-0.15, -0.1) is 10.2 Å². The first-order chi connectivity index (χ1) is 30.9. The van der Waals surface area contributed by atoms with Gasteiger partial charge in [0.15, 0.2) is 17.8 Å². The third kappa shape index (κ3) is 10.2. The fourth-order valence-electron chi connectivity index (χ4n) is 10.2. The number of imide groups is 1. The lowest BCUT2D eigenvalue weighted by molar-refractivity contribution is -0.136. The average molecular weight is 896 g/mol. The summed E-state index contributed by atoms with van der Waals surface area (Å²) in [5.74, 6) is -0.428. The number of rotatable bonds is 11. The third-order valence-electron chi connectivity index (χ3n) is 14.3. The summed E-state index contributed by atoms with van der Waals surface area (Å²) in [6.07, 6.45) is 10.1. The van der Waals surface area contributed by atoms with Crippen molar-refractivity contribution in [1.82, 2.24) is 30.6 Å². The number of hydrogen-bond donors (Lipinski definition) is 2. The largest absolute Gasteiger partial charge is 0.490 e. The number of hydrogen-bond acceptors (Lipinski definition) is 12. The van der Waals surface area contributed by atoms with E-state index in [0.717, 1.165) is 109 Å². The Kier molecular flexibility index (Phi) is 13.8. The van der Waals surface area contributed by atoms with Crippen molar-refractivity contribution in [2.45, 2.75) is 95.2 Å². The highest BCUT2D eigenvalue weighted by molar-refractivity contribution is 6.31. The van der Waals surface area contributed by atoms with Gasteiger partial charge in [-0.3, -0.25) is 29.3 Å². The van der Waals surface area contributed by atoms with E-state index in [4.69, 9.17) is 21.6 Å². The lowest BCUT2D eigenvalue weighted by atomic mass is 9.71. The summed E-state index contributed by atoms with van der Waals surface area (Å²) in [7, 11) is 1.46. The maximum Gasteiger partial charge on any atom is 0.272 e. The van der Waals surface area contributed by atoms with Crippen molar-refractivity contribution in [3.63, 3.8) is 0 Å². The molecule has 4 amide bonds. The van der Waals surface area contributed by atoms with Crippen LogP contribution >= 0.6 is 11.6 Å². The topological polar surface area (TPSA) is 181 Å². The van der Waals surface area contributed by atoms with Crippen LogP contribution < -0.4 is 25.2 Å². The van der Waals surface area contributed by atoms with Crippen molar-refractivity contribution in [3.05, 3.63) is 75.7 Å². The van der Waals surface area contributed by atoms with Crippen LogP contribution in [0.3, 0.4) is 0 Å².